The highest BCUT2D eigenvalue weighted by molar-refractivity contribution is 7.91. The van der Waals surface area contributed by atoms with Crippen molar-refractivity contribution in [2.45, 2.75) is 119 Å². The first-order chi connectivity index (χ1) is 25.3. The van der Waals surface area contributed by atoms with E-state index in [1.54, 1.807) is 18.0 Å². The number of sulfonamides is 1. The number of pyridine rings is 2. The summed E-state index contributed by atoms with van der Waals surface area (Å²) in [5, 5.41) is 7.42. The minimum absolute atomic E-state index is 0.171. The van der Waals surface area contributed by atoms with Crippen molar-refractivity contribution in [1.29, 1.82) is 0 Å². The van der Waals surface area contributed by atoms with E-state index < -0.39 is 49.8 Å². The van der Waals surface area contributed by atoms with Crippen LogP contribution in [0.2, 0.25) is 0 Å². The summed E-state index contributed by atoms with van der Waals surface area (Å²) in [5.41, 5.74) is 1.39. The molecule has 2 aromatic heterocycles. The zero-order valence-corrected chi connectivity index (χ0v) is 31.4. The first-order valence-electron chi connectivity index (χ1n) is 18.9. The van der Waals surface area contributed by atoms with E-state index in [0.29, 0.717) is 43.7 Å². The molecule has 3 aromatic rings. The second-order valence-electron chi connectivity index (χ2n) is 16.1. The molecule has 1 spiro atoms. The van der Waals surface area contributed by atoms with Gasteiger partial charge in [-0.3, -0.25) is 19.1 Å². The number of anilines is 1. The van der Waals surface area contributed by atoms with Gasteiger partial charge in [-0.25, -0.2) is 18.4 Å². The normalized spacial score (nSPS) is 30.1. The molecule has 8 rings (SSSR count). The van der Waals surface area contributed by atoms with E-state index in [-0.39, 0.29) is 31.2 Å². The molecular weight excluding hydrogens is 693 g/mol. The van der Waals surface area contributed by atoms with Crippen LogP contribution >= 0.6 is 0 Å². The maximum absolute atomic E-state index is 14.8. The summed E-state index contributed by atoms with van der Waals surface area (Å²) >= 11 is 0. The van der Waals surface area contributed by atoms with Crippen LogP contribution in [0.15, 0.2) is 54.7 Å². The molecule has 0 unspecified atom stereocenters. The molecule has 0 radical (unpaired) electrons. The van der Waals surface area contributed by atoms with Gasteiger partial charge in [-0.1, -0.05) is 43.2 Å². The number of allylic oxidation sites excluding steroid dienone is 1. The van der Waals surface area contributed by atoms with E-state index in [4.69, 9.17) is 9.72 Å². The number of amides is 3. The third-order valence-corrected chi connectivity index (χ3v) is 14.3. The molecular formula is C40H48N6O6S. The highest BCUT2D eigenvalue weighted by Crippen LogP contribution is 2.49. The van der Waals surface area contributed by atoms with Gasteiger partial charge < -0.3 is 20.3 Å². The molecule has 1 saturated heterocycles. The number of para-hydroxylation sites is 1. The van der Waals surface area contributed by atoms with Crippen molar-refractivity contribution in [3.8, 4) is 5.75 Å². The molecule has 5 aliphatic rings. The molecule has 53 heavy (non-hydrogen) atoms. The third kappa shape index (κ3) is 6.55. The molecule has 3 amide bonds. The molecule has 12 nitrogen and oxygen atoms in total. The van der Waals surface area contributed by atoms with Crippen LogP contribution in [0.4, 0.5) is 5.82 Å². The van der Waals surface area contributed by atoms with Crippen molar-refractivity contribution < 1.29 is 27.5 Å². The van der Waals surface area contributed by atoms with Gasteiger partial charge in [0.25, 0.3) is 5.91 Å². The average Bonchev–Trinajstić information content (AvgIpc) is 4.02. The SMILES string of the molecule is Cc1ccnc(N[C@H]2CCCCC/C=C\[C@@H]3C[C@@]3(C(=O)NS(=O)(=O)C3(C)CC3)NC(=O)[C@@H]3C[C@]4(CCc5c(c(C)nc6ccccc56)O4)CN3C2=O)c1. The topological polar surface area (TPSA) is 160 Å². The van der Waals surface area contributed by atoms with Gasteiger partial charge >= 0.3 is 0 Å². The summed E-state index contributed by atoms with van der Waals surface area (Å²) in [6, 6.07) is 10.1. The van der Waals surface area contributed by atoms with E-state index >= 15 is 0 Å². The molecule has 5 heterocycles. The van der Waals surface area contributed by atoms with Crippen molar-refractivity contribution in [2.75, 3.05) is 11.9 Å². The highest BCUT2D eigenvalue weighted by Gasteiger charge is 2.64. The van der Waals surface area contributed by atoms with Crippen LogP contribution in [0.25, 0.3) is 10.9 Å². The smallest absolute Gasteiger partial charge is 0.259 e. The number of rotatable bonds is 5. The third-order valence-electron chi connectivity index (χ3n) is 12.1. The van der Waals surface area contributed by atoms with Gasteiger partial charge in [0.15, 0.2) is 0 Å². The molecule has 1 aromatic carbocycles. The minimum atomic E-state index is -3.95. The zero-order chi connectivity index (χ0) is 37.2. The Hall–Kier alpha value is -4.52. The number of carbonyl (C=O) groups excluding carboxylic acids is 3. The summed E-state index contributed by atoms with van der Waals surface area (Å²) in [4.78, 5) is 54.4. The fraction of sp³-hybridized carbons (Fsp3) is 0.525. The molecule has 5 atom stereocenters. The van der Waals surface area contributed by atoms with Gasteiger partial charge in [-0.15, -0.1) is 0 Å². The van der Waals surface area contributed by atoms with Gasteiger partial charge in [0.05, 0.1) is 22.5 Å². The predicted octanol–water partition coefficient (Wildman–Crippen LogP) is 4.79. The maximum atomic E-state index is 14.8. The molecule has 2 aliphatic carbocycles. The van der Waals surface area contributed by atoms with Gasteiger partial charge in [0, 0.05) is 29.5 Å². The van der Waals surface area contributed by atoms with Crippen molar-refractivity contribution >= 4 is 44.5 Å². The predicted molar refractivity (Wildman–Crippen MR) is 201 cm³/mol. The summed E-state index contributed by atoms with van der Waals surface area (Å²) in [6.45, 7) is 5.68. The second-order valence-corrected chi connectivity index (χ2v) is 18.3. The number of benzene rings is 1. The number of hydrogen-bond donors (Lipinski definition) is 3. The summed E-state index contributed by atoms with van der Waals surface area (Å²) in [6.07, 6.45) is 12.2. The Morgan fingerprint density at radius 2 is 1.87 bits per heavy atom. The average molecular weight is 741 g/mol. The zero-order valence-electron chi connectivity index (χ0n) is 30.6. The molecule has 13 heteroatoms. The van der Waals surface area contributed by atoms with Crippen LogP contribution in [0.1, 0.15) is 88.0 Å². The van der Waals surface area contributed by atoms with Gasteiger partial charge in [-0.2, -0.15) is 0 Å². The van der Waals surface area contributed by atoms with Crippen LogP contribution in [0.3, 0.4) is 0 Å². The van der Waals surface area contributed by atoms with Crippen molar-refractivity contribution in [1.82, 2.24) is 24.9 Å². The van der Waals surface area contributed by atoms with Crippen LogP contribution in [0.5, 0.6) is 5.75 Å². The summed E-state index contributed by atoms with van der Waals surface area (Å²) < 4.78 is 34.7. The molecule has 280 valence electrons. The summed E-state index contributed by atoms with van der Waals surface area (Å²) in [7, 11) is -3.95. The molecule has 3 N–H and O–H groups in total. The molecule has 2 saturated carbocycles. The first kappa shape index (κ1) is 35.5. The van der Waals surface area contributed by atoms with E-state index in [0.717, 1.165) is 53.4 Å². The van der Waals surface area contributed by atoms with E-state index in [1.165, 1.54) is 0 Å². The number of ether oxygens (including phenoxy) is 1. The Balaban J connectivity index is 1.15. The second kappa shape index (κ2) is 13.1. The van der Waals surface area contributed by atoms with Crippen molar-refractivity contribution in [2.24, 2.45) is 5.92 Å². The monoisotopic (exact) mass is 740 g/mol. The fourth-order valence-corrected chi connectivity index (χ4v) is 9.75. The molecule has 0 bridgehead atoms. The highest BCUT2D eigenvalue weighted by atomic mass is 32.2. The van der Waals surface area contributed by atoms with Gasteiger partial charge in [0.2, 0.25) is 21.8 Å². The summed E-state index contributed by atoms with van der Waals surface area (Å²) in [5.74, 6) is -0.578. The Morgan fingerprint density at radius 1 is 1.06 bits per heavy atom. The van der Waals surface area contributed by atoms with Crippen molar-refractivity contribution in [3.63, 3.8) is 0 Å². The van der Waals surface area contributed by atoms with Crippen molar-refractivity contribution in [3.05, 3.63) is 71.6 Å². The number of aryl methyl sites for hydroxylation is 3. The maximum Gasteiger partial charge on any atom is 0.259 e. The Kier molecular flexibility index (Phi) is 8.78. The lowest BCUT2D eigenvalue weighted by molar-refractivity contribution is -0.140. The van der Waals surface area contributed by atoms with E-state index in [9.17, 15) is 22.8 Å². The number of nitrogens with zero attached hydrogens (tertiary/aromatic N) is 3. The Labute approximate surface area is 310 Å². The largest absolute Gasteiger partial charge is 0.483 e. The lowest BCUT2D eigenvalue weighted by Crippen LogP contribution is -2.58. The fourth-order valence-electron chi connectivity index (χ4n) is 8.44. The van der Waals surface area contributed by atoms with Crippen LogP contribution < -0.4 is 20.1 Å². The standard InChI is InChI=1S/C40H48N6O6S/c1-25-16-20-41-33(21-25)43-31-14-8-6-4-5-7-11-27-22-40(27,37(49)45-53(50,51)38(3)18-19-38)44-35(47)32-23-39(24-46(32)36(31)48)17-15-29-28-12-9-10-13-30(28)42-26(2)34(29)52-39/h7,9-13,16,20-21,27,31-32H,4-6,8,14-15,17-19,22-24H2,1-3H3,(H,41,43)(H,44,47)(H,45,49)/b11-7-/t27-,31+,32+,39-,40-/m1/s1. The number of carbonyl (C=O) groups is 3. The van der Waals surface area contributed by atoms with Gasteiger partial charge in [0.1, 0.15) is 34.8 Å². The number of aromatic nitrogens is 2. The number of nitrogens with one attached hydrogen (secondary N) is 3. The first-order valence-corrected chi connectivity index (χ1v) is 20.4. The Morgan fingerprint density at radius 3 is 2.66 bits per heavy atom. The van der Waals surface area contributed by atoms with Crippen LogP contribution in [0, 0.1) is 19.8 Å². The molecule has 3 aliphatic heterocycles. The lowest BCUT2D eigenvalue weighted by atomic mass is 9.87. The van der Waals surface area contributed by atoms with E-state index in [2.05, 4.69) is 20.3 Å². The number of fused-ring (bicyclic) bond motifs is 5. The molecule has 3 fully saturated rings. The quantitative estimate of drug-likeness (QED) is 0.313. The lowest BCUT2D eigenvalue weighted by Gasteiger charge is -2.36. The van der Waals surface area contributed by atoms with Crippen LogP contribution in [-0.2, 0) is 30.8 Å². The van der Waals surface area contributed by atoms with Gasteiger partial charge in [-0.05, 0) is 95.9 Å². The number of hydrogen-bond acceptors (Lipinski definition) is 9. The Bertz CT molecular complexity index is 2130. The minimum Gasteiger partial charge on any atom is -0.483 e. The van der Waals surface area contributed by atoms with Crippen LogP contribution in [-0.4, -0.2) is 75.5 Å². The van der Waals surface area contributed by atoms with E-state index in [1.807, 2.05) is 62.4 Å².